The Bertz CT molecular complexity index is 457. The van der Waals surface area contributed by atoms with Crippen LogP contribution in [0.1, 0.15) is 29.0 Å². The number of unbranched alkanes of at least 4 members (excludes halogenated alkanes) is 1. The van der Waals surface area contributed by atoms with Crippen molar-refractivity contribution in [1.82, 2.24) is 5.43 Å². The Hall–Kier alpha value is -1.89. The first-order valence-corrected chi connectivity index (χ1v) is 6.67. The van der Waals surface area contributed by atoms with E-state index in [1.54, 1.807) is 17.6 Å². The third-order valence-electron chi connectivity index (χ3n) is 2.33. The number of hydrogen-bond donors (Lipinski definition) is 2. The molecule has 104 valence electrons. The highest BCUT2D eigenvalue weighted by Gasteiger charge is 2.02. The van der Waals surface area contributed by atoms with Gasteiger partial charge in [0.25, 0.3) is 0 Å². The Balaban J connectivity index is 2.28. The molecule has 1 aromatic rings. The molecule has 0 unspecified atom stereocenters. The monoisotopic (exact) mass is 283 g/mol. The van der Waals surface area contributed by atoms with Crippen LogP contribution in [0.15, 0.2) is 17.2 Å². The number of amides is 2. The van der Waals surface area contributed by atoms with Gasteiger partial charge < -0.3 is 10.5 Å². The normalized spacial score (nSPS) is 10.6. The van der Waals surface area contributed by atoms with Gasteiger partial charge in [0.15, 0.2) is 0 Å². The molecule has 0 aromatic carbocycles. The van der Waals surface area contributed by atoms with Crippen molar-refractivity contribution in [3.8, 4) is 0 Å². The molecule has 1 rings (SSSR count). The number of thiophene rings is 1. The van der Waals surface area contributed by atoms with Crippen LogP contribution in [-0.2, 0) is 16.0 Å². The molecule has 0 aliphatic carbocycles. The topological polar surface area (TPSA) is 93.8 Å². The van der Waals surface area contributed by atoms with Crippen molar-refractivity contribution in [2.75, 3.05) is 7.11 Å². The minimum Gasteiger partial charge on any atom is -0.469 e. The van der Waals surface area contributed by atoms with Crippen molar-refractivity contribution in [2.45, 2.75) is 25.7 Å². The van der Waals surface area contributed by atoms with Crippen LogP contribution in [0.25, 0.3) is 0 Å². The Morgan fingerprint density at radius 3 is 2.95 bits per heavy atom. The van der Waals surface area contributed by atoms with Crippen molar-refractivity contribution < 1.29 is 14.3 Å². The summed E-state index contributed by atoms with van der Waals surface area (Å²) in [5, 5.41) is 3.68. The second-order valence-electron chi connectivity index (χ2n) is 3.82. The van der Waals surface area contributed by atoms with E-state index in [1.807, 2.05) is 12.1 Å². The van der Waals surface area contributed by atoms with Crippen molar-refractivity contribution in [3.05, 3.63) is 21.9 Å². The molecule has 0 aliphatic heterocycles. The second kappa shape index (κ2) is 8.25. The number of nitrogens with one attached hydrogen (secondary N) is 1. The third-order valence-corrected chi connectivity index (χ3v) is 3.41. The number of nitrogens with two attached hydrogens (primary N) is 1. The molecule has 7 heteroatoms. The zero-order valence-electron chi connectivity index (χ0n) is 10.7. The number of aryl methyl sites for hydroxylation is 1. The Morgan fingerprint density at radius 2 is 2.26 bits per heavy atom. The lowest BCUT2D eigenvalue weighted by Gasteiger charge is -1.98. The number of hydrogen-bond acceptors (Lipinski definition) is 5. The van der Waals surface area contributed by atoms with Gasteiger partial charge in [0.2, 0.25) is 0 Å². The first-order valence-electron chi connectivity index (χ1n) is 5.86. The fraction of sp³-hybridized carbons (Fsp3) is 0.417. The average molecular weight is 283 g/mol. The first-order chi connectivity index (χ1) is 9.11. The molecule has 0 fully saturated rings. The van der Waals surface area contributed by atoms with Crippen LogP contribution >= 0.6 is 11.3 Å². The van der Waals surface area contributed by atoms with Crippen molar-refractivity contribution >= 4 is 29.6 Å². The Morgan fingerprint density at radius 1 is 1.47 bits per heavy atom. The maximum Gasteiger partial charge on any atom is 0.332 e. The first kappa shape index (κ1) is 15.2. The van der Waals surface area contributed by atoms with Gasteiger partial charge in [-0.3, -0.25) is 4.79 Å². The lowest BCUT2D eigenvalue weighted by atomic mass is 10.2. The number of primary amides is 1. The van der Waals surface area contributed by atoms with Gasteiger partial charge in [-0.1, -0.05) is 0 Å². The van der Waals surface area contributed by atoms with Gasteiger partial charge in [-0.05, 0) is 31.4 Å². The standard InChI is InChI=1S/C12H17N3O3S/c1-18-11(16)5-3-2-4-9-6-7-10(19-9)8-14-15-12(13)17/h6-8H,2-5H2,1H3,(H3,13,15,17)/b14-8+. The second-order valence-corrected chi connectivity index (χ2v) is 5.02. The van der Waals surface area contributed by atoms with E-state index in [0.29, 0.717) is 6.42 Å². The SMILES string of the molecule is COC(=O)CCCCc1ccc(/C=N/NC(N)=O)s1. The van der Waals surface area contributed by atoms with E-state index in [0.717, 1.165) is 24.1 Å². The lowest BCUT2D eigenvalue weighted by Crippen LogP contribution is -2.24. The highest BCUT2D eigenvalue weighted by Crippen LogP contribution is 2.17. The maximum absolute atomic E-state index is 10.9. The summed E-state index contributed by atoms with van der Waals surface area (Å²) in [5.74, 6) is -0.170. The number of ether oxygens (including phenoxy) is 1. The van der Waals surface area contributed by atoms with Crippen LogP contribution in [0.4, 0.5) is 4.79 Å². The number of esters is 1. The summed E-state index contributed by atoms with van der Waals surface area (Å²) < 4.78 is 4.57. The number of rotatable bonds is 7. The van der Waals surface area contributed by atoms with Crippen LogP contribution in [0.2, 0.25) is 0 Å². The minimum atomic E-state index is -0.684. The van der Waals surface area contributed by atoms with Crippen molar-refractivity contribution in [3.63, 3.8) is 0 Å². The number of carbonyl (C=O) groups excluding carboxylic acids is 2. The van der Waals surface area contributed by atoms with E-state index in [1.165, 1.54) is 12.0 Å². The Labute approximate surface area is 115 Å². The molecule has 0 atom stereocenters. The highest BCUT2D eigenvalue weighted by atomic mass is 32.1. The van der Waals surface area contributed by atoms with Crippen molar-refractivity contribution in [2.24, 2.45) is 10.8 Å². The predicted molar refractivity (Wildman–Crippen MR) is 74.2 cm³/mol. The summed E-state index contributed by atoms with van der Waals surface area (Å²) in [6, 6.07) is 3.25. The van der Waals surface area contributed by atoms with Gasteiger partial charge in [0.1, 0.15) is 0 Å². The van der Waals surface area contributed by atoms with E-state index in [4.69, 9.17) is 5.73 Å². The maximum atomic E-state index is 10.9. The van der Waals surface area contributed by atoms with E-state index in [9.17, 15) is 9.59 Å². The molecular formula is C12H17N3O3S. The van der Waals surface area contributed by atoms with E-state index in [-0.39, 0.29) is 5.97 Å². The van der Waals surface area contributed by atoms with E-state index < -0.39 is 6.03 Å². The molecule has 19 heavy (non-hydrogen) atoms. The van der Waals surface area contributed by atoms with Gasteiger partial charge >= 0.3 is 12.0 Å². The van der Waals surface area contributed by atoms with Gasteiger partial charge in [0.05, 0.1) is 13.3 Å². The van der Waals surface area contributed by atoms with Gasteiger partial charge in [-0.2, -0.15) is 5.10 Å². The summed E-state index contributed by atoms with van der Waals surface area (Å²) >= 11 is 1.59. The van der Waals surface area contributed by atoms with Crippen LogP contribution in [0.3, 0.4) is 0 Å². The fourth-order valence-corrected chi connectivity index (χ4v) is 2.36. The van der Waals surface area contributed by atoms with Gasteiger partial charge in [0, 0.05) is 16.2 Å². The molecule has 6 nitrogen and oxygen atoms in total. The fourth-order valence-electron chi connectivity index (χ4n) is 1.43. The molecule has 3 N–H and O–H groups in total. The average Bonchev–Trinajstić information content (AvgIpc) is 2.82. The van der Waals surface area contributed by atoms with Gasteiger partial charge in [-0.25, -0.2) is 10.2 Å². The summed E-state index contributed by atoms with van der Waals surface area (Å²) in [4.78, 5) is 23.5. The zero-order chi connectivity index (χ0) is 14.1. The number of urea groups is 1. The summed E-state index contributed by atoms with van der Waals surface area (Å²) in [7, 11) is 1.40. The molecule has 0 saturated heterocycles. The number of methoxy groups -OCH3 is 1. The number of hydrazone groups is 1. The molecule has 0 radical (unpaired) electrons. The molecule has 0 aliphatic rings. The largest absolute Gasteiger partial charge is 0.469 e. The summed E-state index contributed by atoms with van der Waals surface area (Å²) in [5.41, 5.74) is 7.02. The highest BCUT2D eigenvalue weighted by molar-refractivity contribution is 7.13. The van der Waals surface area contributed by atoms with Crippen LogP contribution in [-0.4, -0.2) is 25.3 Å². The van der Waals surface area contributed by atoms with Gasteiger partial charge in [-0.15, -0.1) is 11.3 Å². The van der Waals surface area contributed by atoms with Crippen LogP contribution < -0.4 is 11.2 Å². The summed E-state index contributed by atoms with van der Waals surface area (Å²) in [6.45, 7) is 0. The molecule has 1 aromatic heterocycles. The Kier molecular flexibility index (Phi) is 6.59. The number of carbonyl (C=O) groups is 2. The molecular weight excluding hydrogens is 266 g/mol. The molecule has 0 saturated carbocycles. The van der Waals surface area contributed by atoms with Crippen LogP contribution in [0, 0.1) is 0 Å². The molecule has 0 bridgehead atoms. The van der Waals surface area contributed by atoms with E-state index in [2.05, 4.69) is 15.3 Å². The van der Waals surface area contributed by atoms with Crippen LogP contribution in [0.5, 0.6) is 0 Å². The lowest BCUT2D eigenvalue weighted by molar-refractivity contribution is -0.140. The number of nitrogens with zero attached hydrogens (tertiary/aromatic N) is 1. The minimum absolute atomic E-state index is 0.170. The van der Waals surface area contributed by atoms with E-state index >= 15 is 0 Å². The quantitative estimate of drug-likeness (QED) is 0.345. The molecule has 2 amide bonds. The molecule has 1 heterocycles. The molecule has 0 spiro atoms. The third kappa shape index (κ3) is 6.56. The smallest absolute Gasteiger partial charge is 0.332 e. The van der Waals surface area contributed by atoms with Crippen molar-refractivity contribution in [1.29, 1.82) is 0 Å². The summed E-state index contributed by atoms with van der Waals surface area (Å²) in [6.07, 6.45) is 4.67. The zero-order valence-corrected chi connectivity index (χ0v) is 11.5. The predicted octanol–water partition coefficient (Wildman–Crippen LogP) is 1.64.